The van der Waals surface area contributed by atoms with E-state index in [1.807, 2.05) is 0 Å². The van der Waals surface area contributed by atoms with E-state index in [2.05, 4.69) is 10.1 Å². The minimum atomic E-state index is -0.727. The number of rotatable bonds is 2. The smallest absolute Gasteiger partial charge is 0.339 e. The topological polar surface area (TPSA) is 47.6 Å². The fraction of sp³-hybridized carbons (Fsp3) is 0.857. The predicted octanol–water partition coefficient (Wildman–Crippen LogP) is -0.462. The number of hydrogen-bond acceptors (Lipinski definition) is 4. The van der Waals surface area contributed by atoms with E-state index < -0.39 is 5.60 Å². The molecular formula is C7H13NO3. The molecule has 0 bridgehead atoms. The quantitative estimate of drug-likeness (QED) is 0.554. The van der Waals surface area contributed by atoms with Crippen LogP contribution in [-0.2, 0) is 14.3 Å². The number of carbonyl (C=O) groups excluding carboxylic acids is 1. The Morgan fingerprint density at radius 1 is 1.55 bits per heavy atom. The highest BCUT2D eigenvalue weighted by Crippen LogP contribution is 2.19. The van der Waals surface area contributed by atoms with Crippen molar-refractivity contribution in [2.45, 2.75) is 12.0 Å². The number of carbonyl (C=O) groups is 1. The molecule has 1 atom stereocenters. The predicted molar refractivity (Wildman–Crippen MR) is 39.2 cm³/mol. The van der Waals surface area contributed by atoms with Gasteiger partial charge in [0, 0.05) is 20.1 Å². The van der Waals surface area contributed by atoms with E-state index in [-0.39, 0.29) is 5.97 Å². The number of methoxy groups -OCH3 is 2. The zero-order valence-electron chi connectivity index (χ0n) is 6.85. The van der Waals surface area contributed by atoms with Gasteiger partial charge in [0.05, 0.1) is 7.11 Å². The zero-order chi connectivity index (χ0) is 8.32. The lowest BCUT2D eigenvalue weighted by Gasteiger charge is -2.22. The molecule has 0 spiro atoms. The molecule has 64 valence electrons. The van der Waals surface area contributed by atoms with Crippen molar-refractivity contribution >= 4 is 5.97 Å². The van der Waals surface area contributed by atoms with E-state index >= 15 is 0 Å². The van der Waals surface area contributed by atoms with E-state index in [1.54, 1.807) is 0 Å². The molecule has 1 rings (SSSR count). The molecule has 4 nitrogen and oxygen atoms in total. The molecule has 0 aliphatic carbocycles. The molecule has 1 N–H and O–H groups in total. The Balaban J connectivity index is 2.66. The summed E-state index contributed by atoms with van der Waals surface area (Å²) in [6.07, 6.45) is 0.691. The van der Waals surface area contributed by atoms with Crippen LogP contribution in [0.5, 0.6) is 0 Å². The van der Waals surface area contributed by atoms with Crippen molar-refractivity contribution in [1.29, 1.82) is 0 Å². The van der Waals surface area contributed by atoms with Gasteiger partial charge in [-0.2, -0.15) is 0 Å². The van der Waals surface area contributed by atoms with Crippen LogP contribution in [0.1, 0.15) is 6.42 Å². The lowest BCUT2D eigenvalue weighted by atomic mass is 10.0. The molecule has 1 saturated heterocycles. The second-order valence-electron chi connectivity index (χ2n) is 2.62. The number of ether oxygens (including phenoxy) is 2. The van der Waals surface area contributed by atoms with Crippen molar-refractivity contribution < 1.29 is 14.3 Å². The van der Waals surface area contributed by atoms with E-state index in [4.69, 9.17) is 4.74 Å². The highest BCUT2D eigenvalue weighted by Gasteiger charge is 2.42. The molecule has 1 aliphatic heterocycles. The molecule has 4 heteroatoms. The van der Waals surface area contributed by atoms with Gasteiger partial charge in [0.1, 0.15) is 0 Å². The van der Waals surface area contributed by atoms with Gasteiger partial charge >= 0.3 is 5.97 Å². The molecular weight excluding hydrogens is 146 g/mol. The van der Waals surface area contributed by atoms with Crippen LogP contribution < -0.4 is 5.32 Å². The van der Waals surface area contributed by atoms with Crippen molar-refractivity contribution in [1.82, 2.24) is 5.32 Å². The van der Waals surface area contributed by atoms with Gasteiger partial charge in [-0.1, -0.05) is 0 Å². The normalized spacial score (nSPS) is 30.4. The summed E-state index contributed by atoms with van der Waals surface area (Å²) in [5.74, 6) is -0.287. The molecule has 0 aromatic heterocycles. The summed E-state index contributed by atoms with van der Waals surface area (Å²) in [6.45, 7) is 1.36. The number of nitrogens with one attached hydrogen (secondary N) is 1. The van der Waals surface area contributed by atoms with Gasteiger partial charge in [-0.25, -0.2) is 4.79 Å². The summed E-state index contributed by atoms with van der Waals surface area (Å²) >= 11 is 0. The Labute approximate surface area is 65.9 Å². The Kier molecular flexibility index (Phi) is 2.46. The first-order valence-corrected chi connectivity index (χ1v) is 3.59. The first-order chi connectivity index (χ1) is 5.25. The fourth-order valence-corrected chi connectivity index (χ4v) is 1.29. The Hall–Kier alpha value is -0.610. The molecule has 0 amide bonds. The van der Waals surface area contributed by atoms with Gasteiger partial charge in [-0.05, 0) is 6.54 Å². The monoisotopic (exact) mass is 159 g/mol. The van der Waals surface area contributed by atoms with Crippen LogP contribution in [0.4, 0.5) is 0 Å². The maximum atomic E-state index is 11.2. The summed E-state index contributed by atoms with van der Waals surface area (Å²) in [6, 6.07) is 0. The van der Waals surface area contributed by atoms with Crippen LogP contribution in [0.15, 0.2) is 0 Å². The fourth-order valence-electron chi connectivity index (χ4n) is 1.29. The average molecular weight is 159 g/mol. The molecule has 1 fully saturated rings. The first kappa shape index (κ1) is 8.49. The molecule has 0 saturated carbocycles. The Morgan fingerprint density at radius 3 is 2.64 bits per heavy atom. The molecule has 0 aromatic carbocycles. The van der Waals surface area contributed by atoms with Crippen LogP contribution in [-0.4, -0.2) is 38.9 Å². The summed E-state index contributed by atoms with van der Waals surface area (Å²) in [5.41, 5.74) is -0.727. The van der Waals surface area contributed by atoms with Gasteiger partial charge in [0.2, 0.25) is 0 Å². The lowest BCUT2D eigenvalue weighted by Crippen LogP contribution is -2.43. The van der Waals surface area contributed by atoms with Gasteiger partial charge in [-0.15, -0.1) is 0 Å². The summed E-state index contributed by atoms with van der Waals surface area (Å²) in [5, 5.41) is 3.05. The second-order valence-corrected chi connectivity index (χ2v) is 2.62. The Morgan fingerprint density at radius 2 is 2.27 bits per heavy atom. The summed E-state index contributed by atoms with van der Waals surface area (Å²) in [7, 11) is 2.91. The van der Waals surface area contributed by atoms with Crippen LogP contribution >= 0.6 is 0 Å². The molecule has 0 aromatic rings. The third kappa shape index (κ3) is 1.36. The summed E-state index contributed by atoms with van der Waals surface area (Å²) in [4.78, 5) is 11.2. The largest absolute Gasteiger partial charge is 0.467 e. The molecule has 1 heterocycles. The summed E-state index contributed by atoms with van der Waals surface area (Å²) < 4.78 is 9.74. The van der Waals surface area contributed by atoms with Crippen LogP contribution in [0.2, 0.25) is 0 Å². The van der Waals surface area contributed by atoms with Crippen molar-refractivity contribution in [3.05, 3.63) is 0 Å². The minimum absolute atomic E-state index is 0.287. The lowest BCUT2D eigenvalue weighted by molar-refractivity contribution is -0.163. The van der Waals surface area contributed by atoms with Gasteiger partial charge in [-0.3, -0.25) is 0 Å². The molecule has 1 aliphatic rings. The molecule has 0 radical (unpaired) electrons. The maximum Gasteiger partial charge on any atom is 0.339 e. The van der Waals surface area contributed by atoms with E-state index in [1.165, 1.54) is 14.2 Å². The SMILES string of the molecule is COC(=O)[C@]1(OC)CCNC1. The highest BCUT2D eigenvalue weighted by molar-refractivity contribution is 5.80. The zero-order valence-corrected chi connectivity index (χ0v) is 6.85. The van der Waals surface area contributed by atoms with E-state index in [9.17, 15) is 4.79 Å². The van der Waals surface area contributed by atoms with Crippen molar-refractivity contribution in [2.24, 2.45) is 0 Å². The minimum Gasteiger partial charge on any atom is -0.467 e. The van der Waals surface area contributed by atoms with Crippen molar-refractivity contribution in [3.63, 3.8) is 0 Å². The third-order valence-electron chi connectivity index (χ3n) is 2.06. The van der Waals surface area contributed by atoms with Gasteiger partial charge in [0.15, 0.2) is 5.60 Å². The molecule has 11 heavy (non-hydrogen) atoms. The standard InChI is InChI=1S/C7H13NO3/c1-10-6(9)7(11-2)3-4-8-5-7/h8H,3-5H2,1-2H3/t7-/m0/s1. The number of esters is 1. The van der Waals surface area contributed by atoms with Crippen LogP contribution in [0, 0.1) is 0 Å². The van der Waals surface area contributed by atoms with E-state index in [0.29, 0.717) is 13.0 Å². The van der Waals surface area contributed by atoms with Gasteiger partial charge in [0.25, 0.3) is 0 Å². The van der Waals surface area contributed by atoms with Crippen molar-refractivity contribution in [3.8, 4) is 0 Å². The Bertz CT molecular complexity index is 152. The van der Waals surface area contributed by atoms with Crippen LogP contribution in [0.25, 0.3) is 0 Å². The van der Waals surface area contributed by atoms with E-state index in [0.717, 1.165) is 6.54 Å². The third-order valence-corrected chi connectivity index (χ3v) is 2.06. The second kappa shape index (κ2) is 3.19. The number of hydrogen-bond donors (Lipinski definition) is 1. The van der Waals surface area contributed by atoms with Gasteiger partial charge < -0.3 is 14.8 Å². The first-order valence-electron chi connectivity index (χ1n) is 3.59. The average Bonchev–Trinajstić information content (AvgIpc) is 2.52. The maximum absolute atomic E-state index is 11.2. The van der Waals surface area contributed by atoms with Crippen molar-refractivity contribution in [2.75, 3.05) is 27.3 Å². The van der Waals surface area contributed by atoms with Crippen LogP contribution in [0.3, 0.4) is 0 Å². The highest BCUT2D eigenvalue weighted by atomic mass is 16.6. The molecule has 0 unspecified atom stereocenters.